The van der Waals surface area contributed by atoms with Gasteiger partial charge in [0.2, 0.25) is 0 Å². The van der Waals surface area contributed by atoms with E-state index >= 15 is 0 Å². The number of pyridine rings is 1. The van der Waals surface area contributed by atoms with Crippen LogP contribution in [-0.2, 0) is 0 Å². The van der Waals surface area contributed by atoms with Gasteiger partial charge in [-0.3, -0.25) is 0 Å². The topological polar surface area (TPSA) is 65.9 Å². The SMILES string of the molecule is CN(c1ncc(N)cc1C#N)C1CCC(C)(C)CC1. The Morgan fingerprint density at radius 3 is 2.63 bits per heavy atom. The van der Waals surface area contributed by atoms with Crippen molar-refractivity contribution in [2.24, 2.45) is 5.41 Å². The molecule has 0 spiro atoms. The zero-order valence-electron chi connectivity index (χ0n) is 12.0. The van der Waals surface area contributed by atoms with Crippen LogP contribution in [0, 0.1) is 16.7 Å². The van der Waals surface area contributed by atoms with Crippen LogP contribution in [0.1, 0.15) is 45.1 Å². The minimum Gasteiger partial charge on any atom is -0.397 e. The molecule has 1 aliphatic carbocycles. The average molecular weight is 258 g/mol. The molecule has 1 aromatic rings. The van der Waals surface area contributed by atoms with Crippen molar-refractivity contribution in [3.05, 3.63) is 17.8 Å². The van der Waals surface area contributed by atoms with E-state index in [4.69, 9.17) is 5.73 Å². The summed E-state index contributed by atoms with van der Waals surface area (Å²) in [5.41, 5.74) is 7.24. The monoisotopic (exact) mass is 258 g/mol. The molecule has 1 fully saturated rings. The van der Waals surface area contributed by atoms with Crippen molar-refractivity contribution in [3.63, 3.8) is 0 Å². The maximum atomic E-state index is 9.20. The molecule has 102 valence electrons. The van der Waals surface area contributed by atoms with E-state index in [0.29, 0.717) is 22.7 Å². The van der Waals surface area contributed by atoms with Crippen LogP contribution >= 0.6 is 0 Å². The summed E-state index contributed by atoms with van der Waals surface area (Å²) in [4.78, 5) is 6.49. The van der Waals surface area contributed by atoms with Gasteiger partial charge in [-0.2, -0.15) is 5.26 Å². The van der Waals surface area contributed by atoms with Crippen molar-refractivity contribution in [3.8, 4) is 6.07 Å². The normalized spacial score (nSPS) is 18.8. The lowest BCUT2D eigenvalue weighted by molar-refractivity contribution is 0.222. The zero-order chi connectivity index (χ0) is 14.0. The summed E-state index contributed by atoms with van der Waals surface area (Å²) in [6.45, 7) is 4.65. The number of nitrogens with zero attached hydrogens (tertiary/aromatic N) is 3. The molecule has 2 rings (SSSR count). The second-order valence-electron chi connectivity index (χ2n) is 6.26. The summed E-state index contributed by atoms with van der Waals surface area (Å²) >= 11 is 0. The van der Waals surface area contributed by atoms with Crippen LogP contribution in [0.2, 0.25) is 0 Å². The summed E-state index contributed by atoms with van der Waals surface area (Å²) in [6, 6.07) is 4.36. The quantitative estimate of drug-likeness (QED) is 0.885. The highest BCUT2D eigenvalue weighted by molar-refractivity contribution is 5.58. The number of anilines is 2. The summed E-state index contributed by atoms with van der Waals surface area (Å²) in [6.07, 6.45) is 6.37. The Morgan fingerprint density at radius 2 is 2.05 bits per heavy atom. The molecule has 4 heteroatoms. The molecule has 0 bridgehead atoms. The van der Waals surface area contributed by atoms with Gasteiger partial charge in [-0.25, -0.2) is 4.98 Å². The summed E-state index contributed by atoms with van der Waals surface area (Å²) in [5.74, 6) is 0.751. The van der Waals surface area contributed by atoms with Gasteiger partial charge in [-0.15, -0.1) is 0 Å². The summed E-state index contributed by atoms with van der Waals surface area (Å²) in [7, 11) is 2.03. The molecule has 0 atom stereocenters. The maximum Gasteiger partial charge on any atom is 0.146 e. The highest BCUT2D eigenvalue weighted by Gasteiger charge is 2.29. The lowest BCUT2D eigenvalue weighted by Crippen LogP contribution is -2.38. The van der Waals surface area contributed by atoms with Crippen LogP contribution in [0.25, 0.3) is 0 Å². The van der Waals surface area contributed by atoms with Crippen LogP contribution in [0.15, 0.2) is 12.3 Å². The van der Waals surface area contributed by atoms with Crippen molar-refractivity contribution >= 4 is 11.5 Å². The number of aromatic nitrogens is 1. The Morgan fingerprint density at radius 1 is 1.42 bits per heavy atom. The van der Waals surface area contributed by atoms with E-state index < -0.39 is 0 Å². The number of hydrogen-bond acceptors (Lipinski definition) is 4. The third kappa shape index (κ3) is 2.98. The Bertz CT molecular complexity index is 491. The van der Waals surface area contributed by atoms with Crippen molar-refractivity contribution in [2.75, 3.05) is 17.7 Å². The van der Waals surface area contributed by atoms with Crippen molar-refractivity contribution in [1.82, 2.24) is 4.98 Å². The zero-order valence-corrected chi connectivity index (χ0v) is 12.0. The predicted octanol–water partition coefficient (Wildman–Crippen LogP) is 2.94. The molecule has 0 radical (unpaired) electrons. The van der Waals surface area contributed by atoms with E-state index in [0.717, 1.165) is 18.7 Å². The first-order valence-corrected chi connectivity index (χ1v) is 6.81. The van der Waals surface area contributed by atoms with Crippen LogP contribution in [0.3, 0.4) is 0 Å². The molecule has 0 aliphatic heterocycles. The average Bonchev–Trinajstić information content (AvgIpc) is 2.37. The molecule has 4 nitrogen and oxygen atoms in total. The minimum absolute atomic E-state index is 0.448. The largest absolute Gasteiger partial charge is 0.397 e. The number of nitrogens with two attached hydrogens (primary N) is 1. The van der Waals surface area contributed by atoms with Crippen LogP contribution < -0.4 is 10.6 Å². The van der Waals surface area contributed by atoms with Gasteiger partial charge in [-0.1, -0.05) is 13.8 Å². The molecule has 0 saturated heterocycles. The summed E-state index contributed by atoms with van der Waals surface area (Å²) < 4.78 is 0. The standard InChI is InChI=1S/C15H22N4/c1-15(2)6-4-13(5-7-15)19(3)14-11(9-16)8-12(17)10-18-14/h8,10,13H,4-7,17H2,1-3H3. The minimum atomic E-state index is 0.448. The fourth-order valence-corrected chi connectivity index (χ4v) is 2.78. The van der Waals surface area contributed by atoms with Crippen LogP contribution in [0.4, 0.5) is 11.5 Å². The first kappa shape index (κ1) is 13.7. The third-order valence-corrected chi connectivity index (χ3v) is 4.20. The van der Waals surface area contributed by atoms with E-state index in [9.17, 15) is 5.26 Å². The molecular weight excluding hydrogens is 236 g/mol. The number of nitriles is 1. The molecule has 1 aromatic heterocycles. The number of rotatable bonds is 2. The Labute approximate surface area is 115 Å². The molecule has 2 N–H and O–H groups in total. The van der Waals surface area contributed by atoms with Gasteiger partial charge < -0.3 is 10.6 Å². The molecule has 0 unspecified atom stereocenters. The van der Waals surface area contributed by atoms with E-state index in [1.54, 1.807) is 12.3 Å². The molecule has 1 heterocycles. The summed E-state index contributed by atoms with van der Waals surface area (Å²) in [5, 5.41) is 9.20. The second-order valence-corrected chi connectivity index (χ2v) is 6.26. The van der Waals surface area contributed by atoms with E-state index in [-0.39, 0.29) is 0 Å². The van der Waals surface area contributed by atoms with Gasteiger partial charge in [0, 0.05) is 13.1 Å². The van der Waals surface area contributed by atoms with E-state index in [1.807, 2.05) is 7.05 Å². The fraction of sp³-hybridized carbons (Fsp3) is 0.600. The van der Waals surface area contributed by atoms with Gasteiger partial charge >= 0.3 is 0 Å². The second kappa shape index (κ2) is 5.08. The van der Waals surface area contributed by atoms with E-state index in [2.05, 4.69) is 29.8 Å². The van der Waals surface area contributed by atoms with Crippen molar-refractivity contribution in [1.29, 1.82) is 5.26 Å². The molecule has 1 aliphatic rings. The molecule has 19 heavy (non-hydrogen) atoms. The lowest BCUT2D eigenvalue weighted by atomic mass is 9.75. The Balaban J connectivity index is 2.17. The van der Waals surface area contributed by atoms with Gasteiger partial charge in [0.1, 0.15) is 11.9 Å². The highest BCUT2D eigenvalue weighted by Crippen LogP contribution is 2.37. The van der Waals surface area contributed by atoms with Crippen LogP contribution in [0.5, 0.6) is 0 Å². The molecule has 0 amide bonds. The molecule has 1 saturated carbocycles. The first-order valence-electron chi connectivity index (χ1n) is 6.81. The van der Waals surface area contributed by atoms with Crippen molar-refractivity contribution in [2.45, 2.75) is 45.6 Å². The molecule has 0 aromatic carbocycles. The maximum absolute atomic E-state index is 9.20. The number of nitrogen functional groups attached to an aromatic ring is 1. The van der Waals surface area contributed by atoms with Gasteiger partial charge in [0.25, 0.3) is 0 Å². The smallest absolute Gasteiger partial charge is 0.146 e. The first-order chi connectivity index (χ1) is 8.93. The third-order valence-electron chi connectivity index (χ3n) is 4.20. The van der Waals surface area contributed by atoms with Crippen molar-refractivity contribution < 1.29 is 0 Å². The fourth-order valence-electron chi connectivity index (χ4n) is 2.78. The van der Waals surface area contributed by atoms with Gasteiger partial charge in [0.15, 0.2) is 0 Å². The van der Waals surface area contributed by atoms with Crippen LogP contribution in [-0.4, -0.2) is 18.1 Å². The van der Waals surface area contributed by atoms with Gasteiger partial charge in [-0.05, 0) is 37.2 Å². The van der Waals surface area contributed by atoms with E-state index in [1.165, 1.54) is 12.8 Å². The molecular formula is C15H22N4. The highest BCUT2D eigenvalue weighted by atomic mass is 15.2. The number of hydrogen-bond donors (Lipinski definition) is 1. The predicted molar refractivity (Wildman–Crippen MR) is 77.8 cm³/mol. The lowest BCUT2D eigenvalue weighted by Gasteiger charge is -2.39. The Kier molecular flexibility index (Phi) is 3.66. The Hall–Kier alpha value is -1.76. The van der Waals surface area contributed by atoms with Gasteiger partial charge in [0.05, 0.1) is 17.4 Å².